The number of nitrogens with zero attached hydrogens (tertiary/aromatic N) is 2. The Kier molecular flexibility index (Phi) is 9.87. The molecule has 0 saturated carbocycles. The highest BCUT2D eigenvalue weighted by atomic mass is 16.5. The predicted molar refractivity (Wildman–Crippen MR) is 132 cm³/mol. The van der Waals surface area contributed by atoms with Gasteiger partial charge in [-0.05, 0) is 68.6 Å². The smallest absolute Gasteiger partial charge is 0.160 e. The van der Waals surface area contributed by atoms with Gasteiger partial charge < -0.3 is 23.8 Å². The molecule has 0 saturated heterocycles. The molecule has 0 aliphatic rings. The van der Waals surface area contributed by atoms with Crippen LogP contribution in [0.15, 0.2) is 36.4 Å². The molecule has 0 heterocycles. The molecule has 0 radical (unpaired) electrons. The van der Waals surface area contributed by atoms with Crippen molar-refractivity contribution in [1.29, 1.82) is 5.26 Å². The van der Waals surface area contributed by atoms with Gasteiger partial charge in [0.05, 0.1) is 45.5 Å². The minimum Gasteiger partial charge on any atom is -0.496 e. The summed E-state index contributed by atoms with van der Waals surface area (Å²) in [5.41, 5.74) is 1.36. The Morgan fingerprint density at radius 3 is 2.00 bits per heavy atom. The first-order chi connectivity index (χ1) is 15.9. The van der Waals surface area contributed by atoms with Crippen molar-refractivity contribution in [3.8, 4) is 29.1 Å². The van der Waals surface area contributed by atoms with Crippen molar-refractivity contribution < 1.29 is 18.9 Å². The van der Waals surface area contributed by atoms with Gasteiger partial charge in [0.25, 0.3) is 0 Å². The Morgan fingerprint density at radius 1 is 0.879 bits per heavy atom. The summed E-state index contributed by atoms with van der Waals surface area (Å²) in [6, 6.07) is 14.4. The summed E-state index contributed by atoms with van der Waals surface area (Å²) in [4.78, 5) is 2.30. The van der Waals surface area contributed by atoms with Crippen LogP contribution in [0.4, 0.5) is 0 Å². The summed E-state index contributed by atoms with van der Waals surface area (Å²) in [6.45, 7) is 5.99. The van der Waals surface area contributed by atoms with Gasteiger partial charge in [-0.1, -0.05) is 26.0 Å². The molecular formula is C27H38N2O4. The van der Waals surface area contributed by atoms with Crippen LogP contribution in [0.2, 0.25) is 0 Å². The second-order valence-corrected chi connectivity index (χ2v) is 8.62. The van der Waals surface area contributed by atoms with Crippen LogP contribution in [0.5, 0.6) is 23.0 Å². The lowest BCUT2D eigenvalue weighted by Crippen LogP contribution is -2.33. The summed E-state index contributed by atoms with van der Waals surface area (Å²) in [6.07, 6.45) is 2.51. The van der Waals surface area contributed by atoms with E-state index in [-0.39, 0.29) is 5.92 Å². The second-order valence-electron chi connectivity index (χ2n) is 8.62. The van der Waals surface area contributed by atoms with Gasteiger partial charge in [-0.15, -0.1) is 0 Å². The monoisotopic (exact) mass is 454 g/mol. The van der Waals surface area contributed by atoms with Crippen LogP contribution in [-0.2, 0) is 11.8 Å². The van der Waals surface area contributed by atoms with E-state index in [0.717, 1.165) is 49.4 Å². The van der Waals surface area contributed by atoms with Gasteiger partial charge in [0.15, 0.2) is 11.5 Å². The summed E-state index contributed by atoms with van der Waals surface area (Å²) < 4.78 is 22.0. The van der Waals surface area contributed by atoms with Crippen LogP contribution in [0.3, 0.4) is 0 Å². The number of rotatable bonds is 13. The summed E-state index contributed by atoms with van der Waals surface area (Å²) >= 11 is 0. The quantitative estimate of drug-likeness (QED) is 0.420. The number of hydrogen-bond acceptors (Lipinski definition) is 6. The van der Waals surface area contributed by atoms with E-state index < -0.39 is 5.41 Å². The molecule has 0 aromatic heterocycles. The Hall–Kier alpha value is -2.91. The predicted octanol–water partition coefficient (Wildman–Crippen LogP) is 5.09. The standard InChI is InChI=1S/C27H38N2O4/c1-20(2)27(19-28,26-23(31-5)10-8-11-24(26)32-6)15-9-16-29(3)17-14-21-12-13-22(30-4)25(18-21)33-7/h8,10-13,18,20H,9,14-17H2,1-7H3. The van der Waals surface area contributed by atoms with Crippen LogP contribution in [0, 0.1) is 17.2 Å². The minimum absolute atomic E-state index is 0.102. The largest absolute Gasteiger partial charge is 0.496 e. The van der Waals surface area contributed by atoms with Crippen LogP contribution < -0.4 is 18.9 Å². The normalized spacial score (nSPS) is 12.8. The molecule has 2 aromatic carbocycles. The van der Waals surface area contributed by atoms with Crippen molar-refractivity contribution in [2.24, 2.45) is 5.92 Å². The third-order valence-corrected chi connectivity index (χ3v) is 6.40. The van der Waals surface area contributed by atoms with Crippen LogP contribution in [0.1, 0.15) is 37.8 Å². The van der Waals surface area contributed by atoms with Gasteiger partial charge >= 0.3 is 0 Å². The third kappa shape index (κ3) is 6.11. The molecule has 33 heavy (non-hydrogen) atoms. The summed E-state index contributed by atoms with van der Waals surface area (Å²) in [5, 5.41) is 10.4. The van der Waals surface area contributed by atoms with Crippen molar-refractivity contribution in [1.82, 2.24) is 4.90 Å². The Morgan fingerprint density at radius 2 is 1.48 bits per heavy atom. The lowest BCUT2D eigenvalue weighted by molar-refractivity contribution is 0.280. The van der Waals surface area contributed by atoms with E-state index in [1.807, 2.05) is 30.3 Å². The molecule has 1 atom stereocenters. The zero-order valence-electron chi connectivity index (χ0n) is 21.1. The summed E-state index contributed by atoms with van der Waals surface area (Å²) in [5.74, 6) is 2.99. The maximum absolute atomic E-state index is 10.4. The summed E-state index contributed by atoms with van der Waals surface area (Å²) in [7, 11) is 8.70. The third-order valence-electron chi connectivity index (χ3n) is 6.40. The topological polar surface area (TPSA) is 64.0 Å². The van der Waals surface area contributed by atoms with E-state index >= 15 is 0 Å². The maximum atomic E-state index is 10.4. The first kappa shape index (κ1) is 26.3. The molecule has 0 aliphatic carbocycles. The zero-order chi connectivity index (χ0) is 24.4. The molecule has 0 N–H and O–H groups in total. The Labute approximate surface area is 199 Å². The number of methoxy groups -OCH3 is 4. The molecule has 2 rings (SSSR count). The molecule has 0 bridgehead atoms. The highest BCUT2D eigenvalue weighted by molar-refractivity contribution is 5.53. The molecule has 2 aromatic rings. The van der Waals surface area contributed by atoms with Crippen molar-refractivity contribution in [3.63, 3.8) is 0 Å². The number of hydrogen-bond donors (Lipinski definition) is 0. The van der Waals surface area contributed by atoms with Crippen molar-refractivity contribution in [2.45, 2.75) is 38.5 Å². The molecule has 0 amide bonds. The van der Waals surface area contributed by atoms with E-state index in [0.29, 0.717) is 11.5 Å². The minimum atomic E-state index is -0.692. The van der Waals surface area contributed by atoms with Gasteiger partial charge in [-0.25, -0.2) is 0 Å². The number of ether oxygens (including phenoxy) is 4. The van der Waals surface area contributed by atoms with Crippen molar-refractivity contribution >= 4 is 0 Å². The van der Waals surface area contributed by atoms with E-state index in [1.165, 1.54) is 5.56 Å². The molecular weight excluding hydrogens is 416 g/mol. The van der Waals surface area contributed by atoms with Crippen LogP contribution >= 0.6 is 0 Å². The van der Waals surface area contributed by atoms with Crippen LogP contribution in [0.25, 0.3) is 0 Å². The lowest BCUT2D eigenvalue weighted by Gasteiger charge is -2.34. The first-order valence-corrected chi connectivity index (χ1v) is 11.4. The molecule has 1 unspecified atom stereocenters. The number of nitriles is 1. The number of benzene rings is 2. The van der Waals surface area contributed by atoms with Gasteiger partial charge in [0.2, 0.25) is 0 Å². The average Bonchev–Trinajstić information content (AvgIpc) is 2.84. The Balaban J connectivity index is 2.08. The first-order valence-electron chi connectivity index (χ1n) is 11.4. The SMILES string of the molecule is COc1ccc(CCN(C)CCCC(C#N)(c2c(OC)cccc2OC)C(C)C)cc1OC. The molecule has 6 heteroatoms. The lowest BCUT2D eigenvalue weighted by atomic mass is 9.69. The van der Waals surface area contributed by atoms with E-state index in [4.69, 9.17) is 18.9 Å². The fourth-order valence-electron chi connectivity index (χ4n) is 4.33. The second kappa shape index (κ2) is 12.4. The van der Waals surface area contributed by atoms with E-state index in [1.54, 1.807) is 28.4 Å². The van der Waals surface area contributed by atoms with Crippen LogP contribution in [-0.4, -0.2) is 53.5 Å². The molecule has 0 aliphatic heterocycles. The van der Waals surface area contributed by atoms with E-state index in [2.05, 4.69) is 37.9 Å². The molecule has 0 spiro atoms. The highest BCUT2D eigenvalue weighted by Crippen LogP contribution is 2.46. The Bertz CT molecular complexity index is 916. The molecule has 180 valence electrons. The van der Waals surface area contributed by atoms with E-state index in [9.17, 15) is 5.26 Å². The fourth-order valence-corrected chi connectivity index (χ4v) is 4.33. The zero-order valence-corrected chi connectivity index (χ0v) is 21.1. The van der Waals surface area contributed by atoms with Gasteiger partial charge in [0.1, 0.15) is 11.5 Å². The molecule has 0 fully saturated rings. The van der Waals surface area contributed by atoms with Gasteiger partial charge in [-0.3, -0.25) is 0 Å². The fraction of sp³-hybridized carbons (Fsp3) is 0.519. The van der Waals surface area contributed by atoms with Crippen molar-refractivity contribution in [3.05, 3.63) is 47.5 Å². The van der Waals surface area contributed by atoms with Gasteiger partial charge in [0, 0.05) is 6.54 Å². The number of likely N-dealkylation sites (N-methyl/N-ethyl adjacent to an activating group) is 1. The molecule has 6 nitrogen and oxygen atoms in total. The highest BCUT2D eigenvalue weighted by Gasteiger charge is 2.40. The maximum Gasteiger partial charge on any atom is 0.160 e. The van der Waals surface area contributed by atoms with Gasteiger partial charge in [-0.2, -0.15) is 5.26 Å². The average molecular weight is 455 g/mol. The van der Waals surface area contributed by atoms with Crippen molar-refractivity contribution in [2.75, 3.05) is 48.6 Å².